The zero-order valence-electron chi connectivity index (χ0n) is 17.7. The van der Waals surface area contributed by atoms with Gasteiger partial charge >= 0.3 is 0 Å². The molecule has 0 spiro atoms. The number of halogens is 1. The Labute approximate surface area is 180 Å². The first-order valence-electron chi connectivity index (χ1n) is 10.2. The molecular weight excluding hydrogens is 401 g/mol. The Morgan fingerprint density at radius 3 is 2.61 bits per heavy atom. The van der Waals surface area contributed by atoms with Gasteiger partial charge in [-0.15, -0.1) is 0 Å². The van der Waals surface area contributed by atoms with Crippen LogP contribution in [0.1, 0.15) is 49.5 Å². The van der Waals surface area contributed by atoms with E-state index >= 15 is 0 Å². The lowest BCUT2D eigenvalue weighted by Gasteiger charge is -2.31. The molecule has 1 aliphatic rings. The molecule has 0 atom stereocenters. The number of hydrogen-bond donors (Lipinski definition) is 2. The van der Waals surface area contributed by atoms with Gasteiger partial charge in [-0.3, -0.25) is 9.59 Å². The summed E-state index contributed by atoms with van der Waals surface area (Å²) >= 11 is 0. The fourth-order valence-electron chi connectivity index (χ4n) is 3.65. The second kappa shape index (κ2) is 9.51. The number of piperidine rings is 1. The molecule has 3 rings (SSSR count). The van der Waals surface area contributed by atoms with Crippen LogP contribution in [0.5, 0.6) is 5.75 Å². The van der Waals surface area contributed by atoms with Crippen molar-refractivity contribution < 1.29 is 18.7 Å². The van der Waals surface area contributed by atoms with Crippen molar-refractivity contribution in [1.29, 1.82) is 0 Å². The van der Waals surface area contributed by atoms with Crippen LogP contribution in [0.3, 0.4) is 0 Å². The smallest absolute Gasteiger partial charge is 0.298 e. The fourth-order valence-corrected chi connectivity index (χ4v) is 3.65. The van der Waals surface area contributed by atoms with Crippen LogP contribution >= 0.6 is 0 Å². The number of carbonyl (C=O) groups excluding carboxylic acids is 2. The second-order valence-electron chi connectivity index (χ2n) is 7.31. The molecule has 0 radical (unpaired) electrons. The first kappa shape index (κ1) is 22.2. The number of primary amides is 1. The van der Waals surface area contributed by atoms with Gasteiger partial charge in [0.15, 0.2) is 11.6 Å². The third kappa shape index (κ3) is 4.63. The van der Waals surface area contributed by atoms with Crippen LogP contribution in [-0.2, 0) is 4.79 Å². The van der Waals surface area contributed by atoms with Gasteiger partial charge in [-0.2, -0.15) is 5.10 Å². The maximum absolute atomic E-state index is 14.5. The molecule has 1 saturated heterocycles. The molecule has 0 bridgehead atoms. The van der Waals surface area contributed by atoms with Crippen molar-refractivity contribution in [3.63, 3.8) is 0 Å². The van der Waals surface area contributed by atoms with Crippen LogP contribution in [0.2, 0.25) is 0 Å². The standard InChI is InChI=1S/C22H26FN5O3/c1-3-5-18(29)27-10-8-15(9-11-27)28-21(24)19(22(25)30)20(26-28)14-6-7-17(16(23)13-14)31-12-4-2/h6-7,13,15H,4,8-12,24H2,1-2H3,(H2,25,30). The van der Waals surface area contributed by atoms with Crippen LogP contribution in [0, 0.1) is 17.7 Å². The maximum Gasteiger partial charge on any atom is 0.298 e. The summed E-state index contributed by atoms with van der Waals surface area (Å²) in [5.41, 5.74) is 12.5. The number of carbonyl (C=O) groups is 2. The normalized spacial score (nSPS) is 14.1. The van der Waals surface area contributed by atoms with Gasteiger partial charge in [-0.25, -0.2) is 9.07 Å². The van der Waals surface area contributed by atoms with Gasteiger partial charge in [0.2, 0.25) is 0 Å². The number of benzene rings is 1. The van der Waals surface area contributed by atoms with Crippen LogP contribution in [0.15, 0.2) is 18.2 Å². The van der Waals surface area contributed by atoms with E-state index in [0.29, 0.717) is 38.1 Å². The number of anilines is 1. The molecular formula is C22H26FN5O3. The van der Waals surface area contributed by atoms with Crippen molar-refractivity contribution >= 4 is 17.6 Å². The number of likely N-dealkylation sites (tertiary alicyclic amines) is 1. The van der Waals surface area contributed by atoms with E-state index in [9.17, 15) is 14.0 Å². The van der Waals surface area contributed by atoms with Crippen molar-refractivity contribution in [3.05, 3.63) is 29.6 Å². The molecule has 2 amide bonds. The average Bonchev–Trinajstić information content (AvgIpc) is 3.10. The van der Waals surface area contributed by atoms with E-state index in [1.807, 2.05) is 6.92 Å². The van der Waals surface area contributed by atoms with Crippen molar-refractivity contribution in [2.45, 2.75) is 39.2 Å². The lowest BCUT2D eigenvalue weighted by molar-refractivity contribution is -0.126. The molecule has 31 heavy (non-hydrogen) atoms. The van der Waals surface area contributed by atoms with E-state index in [4.69, 9.17) is 16.2 Å². The molecule has 2 aromatic rings. The number of rotatable bonds is 6. The Morgan fingerprint density at radius 2 is 2.03 bits per heavy atom. The zero-order valence-corrected chi connectivity index (χ0v) is 17.7. The number of amides is 2. The summed E-state index contributed by atoms with van der Waals surface area (Å²) in [4.78, 5) is 25.8. The fraction of sp³-hybridized carbons (Fsp3) is 0.409. The monoisotopic (exact) mass is 427 g/mol. The number of ether oxygens (including phenoxy) is 1. The maximum atomic E-state index is 14.5. The van der Waals surface area contributed by atoms with Gasteiger partial charge in [-0.1, -0.05) is 12.8 Å². The Hall–Kier alpha value is -3.54. The highest BCUT2D eigenvalue weighted by atomic mass is 19.1. The molecule has 8 nitrogen and oxygen atoms in total. The summed E-state index contributed by atoms with van der Waals surface area (Å²) in [6.45, 7) is 4.94. The third-order valence-corrected chi connectivity index (χ3v) is 5.19. The first-order valence-corrected chi connectivity index (χ1v) is 10.2. The molecule has 0 aliphatic carbocycles. The summed E-state index contributed by atoms with van der Waals surface area (Å²) in [7, 11) is 0. The van der Waals surface area contributed by atoms with Gasteiger partial charge in [-0.05, 0) is 50.3 Å². The van der Waals surface area contributed by atoms with E-state index in [1.165, 1.54) is 12.1 Å². The van der Waals surface area contributed by atoms with Crippen molar-refractivity contribution in [3.8, 4) is 28.8 Å². The summed E-state index contributed by atoms with van der Waals surface area (Å²) in [5.74, 6) is 3.90. The molecule has 1 aromatic carbocycles. The average molecular weight is 427 g/mol. The number of nitrogens with two attached hydrogens (primary N) is 2. The van der Waals surface area contributed by atoms with Gasteiger partial charge in [0.1, 0.15) is 17.1 Å². The predicted octanol–water partition coefficient (Wildman–Crippen LogP) is 2.35. The van der Waals surface area contributed by atoms with Gasteiger partial charge < -0.3 is 21.1 Å². The van der Waals surface area contributed by atoms with E-state index in [1.54, 1.807) is 22.6 Å². The lowest BCUT2D eigenvalue weighted by atomic mass is 10.0. The minimum Gasteiger partial charge on any atom is -0.491 e. The molecule has 0 unspecified atom stereocenters. The Bertz CT molecular complexity index is 1050. The zero-order chi connectivity index (χ0) is 22.5. The Kier molecular flexibility index (Phi) is 6.80. The molecule has 0 saturated carbocycles. The van der Waals surface area contributed by atoms with Gasteiger partial charge in [0.25, 0.3) is 11.8 Å². The second-order valence-corrected chi connectivity index (χ2v) is 7.31. The Morgan fingerprint density at radius 1 is 1.32 bits per heavy atom. The predicted molar refractivity (Wildman–Crippen MR) is 115 cm³/mol. The molecule has 1 aromatic heterocycles. The summed E-state index contributed by atoms with van der Waals surface area (Å²) in [5, 5.41) is 4.52. The minimum atomic E-state index is -0.740. The number of hydrogen-bond acceptors (Lipinski definition) is 5. The largest absolute Gasteiger partial charge is 0.491 e. The van der Waals surface area contributed by atoms with Gasteiger partial charge in [0.05, 0.1) is 12.6 Å². The summed E-state index contributed by atoms with van der Waals surface area (Å²) in [6, 6.07) is 4.26. The number of aromatic nitrogens is 2. The van der Waals surface area contributed by atoms with Crippen molar-refractivity contribution in [2.24, 2.45) is 5.73 Å². The molecule has 9 heteroatoms. The minimum absolute atomic E-state index is 0.0528. The van der Waals surface area contributed by atoms with E-state index < -0.39 is 11.7 Å². The van der Waals surface area contributed by atoms with Crippen molar-refractivity contribution in [1.82, 2.24) is 14.7 Å². The molecule has 1 aliphatic heterocycles. The summed E-state index contributed by atoms with van der Waals surface area (Å²) < 4.78 is 21.4. The van der Waals surface area contributed by atoms with E-state index in [2.05, 4.69) is 16.9 Å². The van der Waals surface area contributed by atoms with E-state index in [-0.39, 0.29) is 34.8 Å². The Balaban J connectivity index is 1.89. The topological polar surface area (TPSA) is 116 Å². The molecule has 1 fully saturated rings. The number of nitrogen functional groups attached to an aromatic ring is 1. The lowest BCUT2D eigenvalue weighted by Crippen LogP contribution is -2.38. The highest BCUT2D eigenvalue weighted by Gasteiger charge is 2.29. The van der Waals surface area contributed by atoms with E-state index in [0.717, 1.165) is 6.42 Å². The number of nitrogens with zero attached hydrogens (tertiary/aromatic N) is 3. The highest BCUT2D eigenvalue weighted by molar-refractivity contribution is 6.03. The molecule has 164 valence electrons. The quantitative estimate of drug-likeness (QED) is 0.687. The van der Waals surface area contributed by atoms with Crippen LogP contribution < -0.4 is 16.2 Å². The molecule has 4 N–H and O–H groups in total. The summed E-state index contributed by atoms with van der Waals surface area (Å²) in [6.07, 6.45) is 1.95. The van der Waals surface area contributed by atoms with Crippen molar-refractivity contribution in [2.75, 3.05) is 25.4 Å². The first-order chi connectivity index (χ1) is 14.9. The SMILES string of the molecule is CC#CC(=O)N1CCC(n2nc(-c3ccc(OCCC)c(F)c3)c(C(N)=O)c2N)CC1. The van der Waals surface area contributed by atoms with Gasteiger partial charge in [0, 0.05) is 18.7 Å². The highest BCUT2D eigenvalue weighted by Crippen LogP contribution is 2.34. The van der Waals surface area contributed by atoms with Crippen LogP contribution in [0.25, 0.3) is 11.3 Å². The van der Waals surface area contributed by atoms with Crippen LogP contribution in [0.4, 0.5) is 10.2 Å². The molecule has 2 heterocycles. The van der Waals surface area contributed by atoms with Crippen LogP contribution in [-0.4, -0.2) is 46.2 Å². The third-order valence-electron chi connectivity index (χ3n) is 5.19.